The van der Waals surface area contributed by atoms with Gasteiger partial charge in [0.2, 0.25) is 0 Å². The summed E-state index contributed by atoms with van der Waals surface area (Å²) in [6.07, 6.45) is 0. The standard InChI is InChI=1S/C14H12BrFN2OS/c1-8-2-4-10(13(17)20)14(19)18(8)7-9-3-5-12(16)11(15)6-9/h2-6H,7H2,1H3,(H2,17,20). The van der Waals surface area contributed by atoms with Crippen molar-refractivity contribution in [1.29, 1.82) is 0 Å². The van der Waals surface area contributed by atoms with Gasteiger partial charge in [0.1, 0.15) is 10.8 Å². The minimum Gasteiger partial charge on any atom is -0.389 e. The first-order valence-corrected chi connectivity index (χ1v) is 7.04. The molecule has 0 spiro atoms. The van der Waals surface area contributed by atoms with E-state index < -0.39 is 0 Å². The van der Waals surface area contributed by atoms with Crippen LogP contribution >= 0.6 is 28.1 Å². The van der Waals surface area contributed by atoms with Crippen molar-refractivity contribution in [3.05, 3.63) is 67.8 Å². The molecule has 0 saturated carbocycles. The Morgan fingerprint density at radius 1 is 1.40 bits per heavy atom. The highest BCUT2D eigenvalue weighted by atomic mass is 79.9. The van der Waals surface area contributed by atoms with Crippen LogP contribution in [0.25, 0.3) is 0 Å². The molecule has 6 heteroatoms. The van der Waals surface area contributed by atoms with Gasteiger partial charge in [0.15, 0.2) is 0 Å². The summed E-state index contributed by atoms with van der Waals surface area (Å²) in [7, 11) is 0. The molecule has 0 fully saturated rings. The first kappa shape index (κ1) is 14.9. The maximum Gasteiger partial charge on any atom is 0.261 e. The molecule has 1 heterocycles. The van der Waals surface area contributed by atoms with Crippen molar-refractivity contribution in [3.63, 3.8) is 0 Å². The highest BCUT2D eigenvalue weighted by molar-refractivity contribution is 9.10. The van der Waals surface area contributed by atoms with Gasteiger partial charge in [0.25, 0.3) is 5.56 Å². The Morgan fingerprint density at radius 2 is 2.10 bits per heavy atom. The molecule has 1 aromatic heterocycles. The molecule has 0 amide bonds. The molecule has 2 N–H and O–H groups in total. The van der Waals surface area contributed by atoms with E-state index in [1.54, 1.807) is 28.8 Å². The molecule has 20 heavy (non-hydrogen) atoms. The van der Waals surface area contributed by atoms with E-state index in [0.29, 0.717) is 16.6 Å². The number of aryl methyl sites for hydroxylation is 1. The summed E-state index contributed by atoms with van der Waals surface area (Å²) in [6.45, 7) is 2.16. The summed E-state index contributed by atoms with van der Waals surface area (Å²) < 4.78 is 15.1. The molecule has 0 atom stereocenters. The normalized spacial score (nSPS) is 10.6. The molecule has 0 aliphatic carbocycles. The van der Waals surface area contributed by atoms with Crippen molar-refractivity contribution in [2.75, 3.05) is 0 Å². The zero-order valence-corrected chi connectivity index (χ0v) is 13.1. The fourth-order valence-corrected chi connectivity index (χ4v) is 2.46. The summed E-state index contributed by atoms with van der Waals surface area (Å²) in [4.78, 5) is 12.4. The number of nitrogens with zero attached hydrogens (tertiary/aromatic N) is 1. The lowest BCUT2D eigenvalue weighted by Crippen LogP contribution is -2.30. The Labute approximate surface area is 129 Å². The van der Waals surface area contributed by atoms with Gasteiger partial charge in [0, 0.05) is 5.69 Å². The number of hydrogen-bond acceptors (Lipinski definition) is 2. The molecule has 2 rings (SSSR count). The number of nitrogens with two attached hydrogens (primary N) is 1. The van der Waals surface area contributed by atoms with Crippen LogP contribution in [-0.2, 0) is 6.54 Å². The molecule has 3 nitrogen and oxygen atoms in total. The van der Waals surface area contributed by atoms with E-state index in [-0.39, 0.29) is 16.4 Å². The van der Waals surface area contributed by atoms with Gasteiger partial charge in [-0.05, 0) is 52.7 Å². The zero-order chi connectivity index (χ0) is 14.9. The van der Waals surface area contributed by atoms with E-state index >= 15 is 0 Å². The van der Waals surface area contributed by atoms with Gasteiger partial charge in [-0.1, -0.05) is 18.3 Å². The van der Waals surface area contributed by atoms with Crippen LogP contribution < -0.4 is 11.3 Å². The van der Waals surface area contributed by atoms with Crippen LogP contribution in [-0.4, -0.2) is 9.56 Å². The second kappa shape index (κ2) is 5.85. The molecular weight excluding hydrogens is 343 g/mol. The number of halogens is 2. The molecule has 1 aromatic carbocycles. The van der Waals surface area contributed by atoms with Crippen LogP contribution in [0.4, 0.5) is 4.39 Å². The Balaban J connectivity index is 2.48. The monoisotopic (exact) mass is 354 g/mol. The van der Waals surface area contributed by atoms with Gasteiger partial charge in [-0.15, -0.1) is 0 Å². The van der Waals surface area contributed by atoms with E-state index in [1.807, 2.05) is 6.92 Å². The van der Waals surface area contributed by atoms with Crippen molar-refractivity contribution in [2.24, 2.45) is 5.73 Å². The maximum absolute atomic E-state index is 13.2. The summed E-state index contributed by atoms with van der Waals surface area (Å²) in [6, 6.07) is 8.05. The van der Waals surface area contributed by atoms with E-state index in [2.05, 4.69) is 15.9 Å². The largest absolute Gasteiger partial charge is 0.389 e. The van der Waals surface area contributed by atoms with Crippen molar-refractivity contribution < 1.29 is 4.39 Å². The van der Waals surface area contributed by atoms with Crippen molar-refractivity contribution in [3.8, 4) is 0 Å². The Kier molecular flexibility index (Phi) is 4.35. The zero-order valence-electron chi connectivity index (χ0n) is 10.7. The number of rotatable bonds is 3. The van der Waals surface area contributed by atoms with Gasteiger partial charge in [0.05, 0.1) is 16.6 Å². The quantitative estimate of drug-likeness (QED) is 0.862. The fraction of sp³-hybridized carbons (Fsp3) is 0.143. The molecule has 0 bridgehead atoms. The number of pyridine rings is 1. The van der Waals surface area contributed by atoms with E-state index in [1.165, 1.54) is 6.07 Å². The predicted octanol–water partition coefficient (Wildman–Crippen LogP) is 2.74. The van der Waals surface area contributed by atoms with Gasteiger partial charge >= 0.3 is 0 Å². The molecule has 0 radical (unpaired) electrons. The van der Waals surface area contributed by atoms with Gasteiger partial charge in [-0.25, -0.2) is 4.39 Å². The SMILES string of the molecule is Cc1ccc(C(N)=S)c(=O)n1Cc1ccc(F)c(Br)c1. The molecule has 0 aliphatic heterocycles. The summed E-state index contributed by atoms with van der Waals surface area (Å²) in [5.74, 6) is -0.338. The number of benzene rings is 1. The number of aromatic nitrogens is 1. The van der Waals surface area contributed by atoms with Crippen LogP contribution in [0.15, 0.2) is 39.6 Å². The van der Waals surface area contributed by atoms with Crippen molar-refractivity contribution >= 4 is 33.1 Å². The van der Waals surface area contributed by atoms with Crippen LogP contribution in [0.5, 0.6) is 0 Å². The average molecular weight is 355 g/mol. The van der Waals surface area contributed by atoms with Crippen LogP contribution in [0.3, 0.4) is 0 Å². The Bertz CT molecular complexity index is 742. The summed E-state index contributed by atoms with van der Waals surface area (Å²) in [5, 5.41) is 0. The molecular formula is C14H12BrFN2OS. The first-order chi connectivity index (χ1) is 9.40. The molecule has 2 aromatic rings. The predicted molar refractivity (Wildman–Crippen MR) is 84.5 cm³/mol. The van der Waals surface area contributed by atoms with Crippen molar-refractivity contribution in [1.82, 2.24) is 4.57 Å². The highest BCUT2D eigenvalue weighted by Crippen LogP contribution is 2.17. The van der Waals surface area contributed by atoms with Crippen molar-refractivity contribution in [2.45, 2.75) is 13.5 Å². The highest BCUT2D eigenvalue weighted by Gasteiger charge is 2.09. The van der Waals surface area contributed by atoms with Crippen LogP contribution in [0, 0.1) is 12.7 Å². The average Bonchev–Trinajstić information content (AvgIpc) is 2.38. The molecule has 104 valence electrons. The molecule has 0 aliphatic rings. The number of hydrogen-bond donors (Lipinski definition) is 1. The lowest BCUT2D eigenvalue weighted by atomic mass is 10.2. The number of thiocarbonyl (C=S) groups is 1. The van der Waals surface area contributed by atoms with E-state index in [0.717, 1.165) is 11.3 Å². The molecule has 0 unspecified atom stereocenters. The smallest absolute Gasteiger partial charge is 0.261 e. The third-order valence-corrected chi connectivity index (χ3v) is 3.81. The third kappa shape index (κ3) is 2.96. The second-order valence-electron chi connectivity index (χ2n) is 4.39. The van der Waals surface area contributed by atoms with E-state index in [9.17, 15) is 9.18 Å². The van der Waals surface area contributed by atoms with Gasteiger partial charge < -0.3 is 10.3 Å². The minimum absolute atomic E-state index is 0.0732. The van der Waals surface area contributed by atoms with Crippen LogP contribution in [0.1, 0.15) is 16.8 Å². The Hall–Kier alpha value is -1.53. The molecule has 0 saturated heterocycles. The fourth-order valence-electron chi connectivity index (χ4n) is 1.88. The minimum atomic E-state index is -0.338. The van der Waals surface area contributed by atoms with Crippen LogP contribution in [0.2, 0.25) is 0 Å². The topological polar surface area (TPSA) is 48.0 Å². The Morgan fingerprint density at radius 3 is 2.70 bits per heavy atom. The summed E-state index contributed by atoms with van der Waals surface area (Å²) >= 11 is 7.99. The van der Waals surface area contributed by atoms with Gasteiger partial charge in [-0.3, -0.25) is 4.79 Å². The lowest BCUT2D eigenvalue weighted by molar-refractivity contribution is 0.619. The van der Waals surface area contributed by atoms with E-state index in [4.69, 9.17) is 18.0 Å². The third-order valence-electron chi connectivity index (χ3n) is 2.98. The van der Waals surface area contributed by atoms with Gasteiger partial charge in [-0.2, -0.15) is 0 Å². The maximum atomic E-state index is 13.2. The second-order valence-corrected chi connectivity index (χ2v) is 5.69. The first-order valence-electron chi connectivity index (χ1n) is 5.84. The summed E-state index contributed by atoms with van der Waals surface area (Å²) in [5.41, 5.74) is 7.20. The lowest BCUT2D eigenvalue weighted by Gasteiger charge is -2.12.